The van der Waals surface area contributed by atoms with Crippen molar-refractivity contribution in [3.8, 4) is 0 Å². The van der Waals surface area contributed by atoms with Crippen molar-refractivity contribution < 1.29 is 9.90 Å². The van der Waals surface area contributed by atoms with E-state index in [0.717, 1.165) is 20.9 Å². The second kappa shape index (κ2) is 5.51. The Labute approximate surface area is 99.6 Å². The SMILES string of the molecule is O=C(O)CCc1cc(Br)cc(CBr)c1. The topological polar surface area (TPSA) is 37.3 Å². The molecule has 0 aliphatic heterocycles. The molecule has 1 aromatic carbocycles. The predicted molar refractivity (Wildman–Crippen MR) is 62.7 cm³/mol. The van der Waals surface area contributed by atoms with Crippen LogP contribution in [0.3, 0.4) is 0 Å². The monoisotopic (exact) mass is 320 g/mol. The van der Waals surface area contributed by atoms with Gasteiger partial charge in [-0.05, 0) is 29.7 Å². The third-order valence-electron chi connectivity index (χ3n) is 1.80. The van der Waals surface area contributed by atoms with Crippen LogP contribution >= 0.6 is 31.9 Å². The summed E-state index contributed by atoms with van der Waals surface area (Å²) in [6.45, 7) is 0. The molecule has 4 heteroatoms. The smallest absolute Gasteiger partial charge is 0.303 e. The van der Waals surface area contributed by atoms with Gasteiger partial charge in [-0.15, -0.1) is 0 Å². The Bertz CT molecular complexity index is 337. The highest BCUT2D eigenvalue weighted by atomic mass is 79.9. The highest BCUT2D eigenvalue weighted by Crippen LogP contribution is 2.18. The summed E-state index contributed by atoms with van der Waals surface area (Å²) in [6.07, 6.45) is 0.757. The van der Waals surface area contributed by atoms with E-state index in [1.807, 2.05) is 18.2 Å². The molecule has 1 rings (SSSR count). The van der Waals surface area contributed by atoms with Gasteiger partial charge in [-0.25, -0.2) is 0 Å². The van der Waals surface area contributed by atoms with Gasteiger partial charge in [0.2, 0.25) is 0 Å². The Morgan fingerprint density at radius 1 is 1.29 bits per heavy atom. The standard InChI is InChI=1S/C10H10Br2O2/c11-6-8-3-7(1-2-10(13)14)4-9(12)5-8/h3-5H,1-2,6H2,(H,13,14). The highest BCUT2D eigenvalue weighted by Gasteiger charge is 2.02. The minimum absolute atomic E-state index is 0.179. The van der Waals surface area contributed by atoms with Crippen molar-refractivity contribution in [2.75, 3.05) is 0 Å². The second-order valence-electron chi connectivity index (χ2n) is 3.00. The molecule has 0 aliphatic carbocycles. The van der Waals surface area contributed by atoms with Crippen molar-refractivity contribution in [1.29, 1.82) is 0 Å². The lowest BCUT2D eigenvalue weighted by Crippen LogP contribution is -1.97. The fourth-order valence-corrected chi connectivity index (χ4v) is 2.10. The quantitative estimate of drug-likeness (QED) is 0.863. The Kier molecular flexibility index (Phi) is 4.62. The van der Waals surface area contributed by atoms with Gasteiger partial charge in [0.15, 0.2) is 0 Å². The maximum absolute atomic E-state index is 10.4. The molecule has 14 heavy (non-hydrogen) atoms. The summed E-state index contributed by atoms with van der Waals surface area (Å²) in [6, 6.07) is 5.98. The zero-order valence-corrected chi connectivity index (χ0v) is 10.6. The summed E-state index contributed by atoms with van der Waals surface area (Å²) in [5.74, 6) is -0.759. The van der Waals surface area contributed by atoms with Gasteiger partial charge in [0.05, 0.1) is 0 Å². The molecule has 0 spiro atoms. The van der Waals surface area contributed by atoms with E-state index < -0.39 is 5.97 Å². The van der Waals surface area contributed by atoms with Gasteiger partial charge in [-0.2, -0.15) is 0 Å². The van der Waals surface area contributed by atoms with Gasteiger partial charge in [0.25, 0.3) is 0 Å². The fourth-order valence-electron chi connectivity index (χ4n) is 1.19. The molecule has 1 aromatic rings. The minimum Gasteiger partial charge on any atom is -0.481 e. The first-order chi connectivity index (χ1) is 6.61. The Morgan fingerprint density at radius 2 is 1.93 bits per heavy atom. The van der Waals surface area contributed by atoms with Gasteiger partial charge in [0.1, 0.15) is 0 Å². The van der Waals surface area contributed by atoms with Crippen molar-refractivity contribution in [1.82, 2.24) is 0 Å². The third kappa shape index (κ3) is 3.80. The number of hydrogen-bond acceptors (Lipinski definition) is 1. The molecule has 0 atom stereocenters. The maximum Gasteiger partial charge on any atom is 0.303 e. The lowest BCUT2D eigenvalue weighted by atomic mass is 10.1. The molecule has 0 aliphatic rings. The number of aliphatic carboxylic acids is 1. The van der Waals surface area contributed by atoms with E-state index in [2.05, 4.69) is 31.9 Å². The highest BCUT2D eigenvalue weighted by molar-refractivity contribution is 9.10. The second-order valence-corrected chi connectivity index (χ2v) is 4.47. The molecular weight excluding hydrogens is 312 g/mol. The number of hydrogen-bond donors (Lipinski definition) is 1. The van der Waals surface area contributed by atoms with Crippen LogP contribution in [-0.4, -0.2) is 11.1 Å². The summed E-state index contributed by atoms with van der Waals surface area (Å²) in [5.41, 5.74) is 2.20. The van der Waals surface area contributed by atoms with E-state index in [4.69, 9.17) is 5.11 Å². The van der Waals surface area contributed by atoms with Crippen molar-refractivity contribution in [2.45, 2.75) is 18.2 Å². The molecular formula is C10H10Br2O2. The largest absolute Gasteiger partial charge is 0.481 e. The van der Waals surface area contributed by atoms with Gasteiger partial charge in [0, 0.05) is 16.2 Å². The Hall–Kier alpha value is -0.350. The molecule has 0 bridgehead atoms. The molecule has 1 N–H and O–H groups in total. The van der Waals surface area contributed by atoms with Crippen LogP contribution in [0.4, 0.5) is 0 Å². The van der Waals surface area contributed by atoms with E-state index >= 15 is 0 Å². The van der Waals surface area contributed by atoms with Crippen LogP contribution in [-0.2, 0) is 16.5 Å². The Morgan fingerprint density at radius 3 is 2.50 bits per heavy atom. The lowest BCUT2D eigenvalue weighted by molar-refractivity contribution is -0.136. The number of rotatable bonds is 4. The normalized spacial score (nSPS) is 10.1. The van der Waals surface area contributed by atoms with Gasteiger partial charge < -0.3 is 5.11 Å². The molecule has 0 radical (unpaired) electrons. The summed E-state index contributed by atoms with van der Waals surface area (Å²) in [5, 5.41) is 9.33. The Balaban J connectivity index is 2.76. The average Bonchev–Trinajstić information content (AvgIpc) is 2.14. The van der Waals surface area contributed by atoms with E-state index in [1.165, 1.54) is 0 Å². The van der Waals surface area contributed by atoms with Gasteiger partial charge in [-0.1, -0.05) is 37.9 Å². The van der Waals surface area contributed by atoms with Crippen molar-refractivity contribution in [2.24, 2.45) is 0 Å². The van der Waals surface area contributed by atoms with Crippen molar-refractivity contribution >= 4 is 37.8 Å². The lowest BCUT2D eigenvalue weighted by Gasteiger charge is -2.03. The van der Waals surface area contributed by atoms with Gasteiger partial charge >= 0.3 is 5.97 Å². The molecule has 0 fully saturated rings. The average molecular weight is 322 g/mol. The number of carboxylic acids is 1. The summed E-state index contributed by atoms with van der Waals surface area (Å²) in [4.78, 5) is 10.4. The fraction of sp³-hybridized carbons (Fsp3) is 0.300. The molecule has 2 nitrogen and oxygen atoms in total. The van der Waals surface area contributed by atoms with Crippen LogP contribution in [0.5, 0.6) is 0 Å². The molecule has 76 valence electrons. The van der Waals surface area contributed by atoms with Crippen LogP contribution in [0.2, 0.25) is 0 Å². The molecule has 0 saturated carbocycles. The minimum atomic E-state index is -0.759. The first-order valence-corrected chi connectivity index (χ1v) is 6.09. The van der Waals surface area contributed by atoms with E-state index in [0.29, 0.717) is 6.42 Å². The van der Waals surface area contributed by atoms with E-state index in [-0.39, 0.29) is 6.42 Å². The molecule has 0 saturated heterocycles. The number of benzene rings is 1. The first kappa shape index (κ1) is 11.7. The number of aryl methyl sites for hydroxylation is 1. The predicted octanol–water partition coefficient (Wildman–Crippen LogP) is 3.36. The van der Waals surface area contributed by atoms with Crippen LogP contribution < -0.4 is 0 Å². The van der Waals surface area contributed by atoms with E-state index in [9.17, 15) is 4.79 Å². The van der Waals surface area contributed by atoms with Gasteiger partial charge in [-0.3, -0.25) is 4.79 Å². The summed E-state index contributed by atoms with van der Waals surface area (Å²) < 4.78 is 0.995. The van der Waals surface area contributed by atoms with Crippen molar-refractivity contribution in [3.05, 3.63) is 33.8 Å². The zero-order chi connectivity index (χ0) is 10.6. The number of alkyl halides is 1. The van der Waals surface area contributed by atoms with Crippen LogP contribution in [0, 0.1) is 0 Å². The first-order valence-electron chi connectivity index (χ1n) is 4.18. The zero-order valence-electron chi connectivity index (χ0n) is 7.46. The number of carboxylic acid groups (broad SMARTS) is 1. The van der Waals surface area contributed by atoms with Crippen LogP contribution in [0.15, 0.2) is 22.7 Å². The number of halogens is 2. The third-order valence-corrected chi connectivity index (χ3v) is 2.90. The van der Waals surface area contributed by atoms with E-state index in [1.54, 1.807) is 0 Å². The molecule has 0 heterocycles. The molecule has 0 unspecified atom stereocenters. The number of carbonyl (C=O) groups is 1. The maximum atomic E-state index is 10.4. The molecule has 0 aromatic heterocycles. The summed E-state index contributed by atoms with van der Waals surface area (Å²) >= 11 is 6.76. The molecule has 0 amide bonds. The summed E-state index contributed by atoms with van der Waals surface area (Å²) in [7, 11) is 0. The van der Waals surface area contributed by atoms with Crippen LogP contribution in [0.25, 0.3) is 0 Å². The van der Waals surface area contributed by atoms with Crippen molar-refractivity contribution in [3.63, 3.8) is 0 Å². The van der Waals surface area contributed by atoms with Crippen LogP contribution in [0.1, 0.15) is 17.5 Å².